The molecule has 4 nitrogen and oxygen atoms in total. The topological polar surface area (TPSA) is 58.6 Å². The summed E-state index contributed by atoms with van der Waals surface area (Å²) in [6.07, 6.45) is 1.44. The van der Waals surface area contributed by atoms with Crippen molar-refractivity contribution in [3.8, 4) is 0 Å². The lowest BCUT2D eigenvalue weighted by atomic mass is 10.0. The molecular formula is C13H15N3OS. The van der Waals surface area contributed by atoms with Crippen molar-refractivity contribution in [2.45, 2.75) is 31.2 Å². The first kappa shape index (κ1) is 12.8. The summed E-state index contributed by atoms with van der Waals surface area (Å²) in [7, 11) is 0. The quantitative estimate of drug-likeness (QED) is 0.679. The number of hydrogen-bond acceptors (Lipinski definition) is 4. The Morgan fingerprint density at radius 2 is 2.17 bits per heavy atom. The number of aromatic amines is 1. The molecule has 1 aromatic heterocycles. The third-order valence-corrected chi connectivity index (χ3v) is 3.70. The first-order valence-corrected chi connectivity index (χ1v) is 6.59. The van der Waals surface area contributed by atoms with E-state index < -0.39 is 0 Å². The highest BCUT2D eigenvalue weighted by Crippen LogP contribution is 2.23. The fourth-order valence-electron chi connectivity index (χ4n) is 1.69. The van der Waals surface area contributed by atoms with Crippen molar-refractivity contribution in [3.05, 3.63) is 41.2 Å². The molecule has 0 bridgehead atoms. The molecule has 1 heterocycles. The lowest BCUT2D eigenvalue weighted by molar-refractivity contribution is 0.0993. The van der Waals surface area contributed by atoms with Crippen molar-refractivity contribution >= 4 is 17.5 Å². The largest absolute Gasteiger partial charge is 0.293 e. The van der Waals surface area contributed by atoms with Gasteiger partial charge in [0.25, 0.3) is 0 Å². The van der Waals surface area contributed by atoms with E-state index in [1.54, 1.807) is 0 Å². The standard InChI is InChI=1S/C13H15N3OS/c1-8-4-5-9(2)11(6-8)12(17)10(3)18-13-14-7-15-16-13/h4-7,10H,1-3H3,(H,14,15,16). The SMILES string of the molecule is Cc1ccc(C)c(C(=O)C(C)Sc2ncn[nH]2)c1. The Bertz CT molecular complexity index is 551. The van der Waals surface area contributed by atoms with Crippen LogP contribution in [0.3, 0.4) is 0 Å². The van der Waals surface area contributed by atoms with Gasteiger partial charge in [-0.2, -0.15) is 5.10 Å². The predicted octanol–water partition coefficient (Wildman–Crippen LogP) is 2.79. The molecule has 0 radical (unpaired) electrons. The highest BCUT2D eigenvalue weighted by Gasteiger charge is 2.19. The molecular weight excluding hydrogens is 246 g/mol. The molecule has 0 aliphatic rings. The Morgan fingerprint density at radius 3 is 2.83 bits per heavy atom. The number of nitrogens with one attached hydrogen (secondary N) is 1. The number of H-pyrrole nitrogens is 1. The molecule has 0 fully saturated rings. The molecule has 0 spiro atoms. The molecule has 0 saturated carbocycles. The van der Waals surface area contributed by atoms with Crippen LogP contribution in [0.2, 0.25) is 0 Å². The molecule has 18 heavy (non-hydrogen) atoms. The third-order valence-electron chi connectivity index (χ3n) is 2.71. The number of carbonyl (C=O) groups excluding carboxylic acids is 1. The number of thioether (sulfide) groups is 1. The van der Waals surface area contributed by atoms with Gasteiger partial charge in [0.15, 0.2) is 10.9 Å². The van der Waals surface area contributed by atoms with E-state index in [0.717, 1.165) is 16.7 Å². The number of ketones is 1. The van der Waals surface area contributed by atoms with Gasteiger partial charge in [-0.25, -0.2) is 4.98 Å². The molecule has 0 saturated heterocycles. The van der Waals surface area contributed by atoms with Crippen LogP contribution in [0, 0.1) is 13.8 Å². The lowest BCUT2D eigenvalue weighted by Gasteiger charge is -2.11. The molecule has 94 valence electrons. The van der Waals surface area contributed by atoms with Gasteiger partial charge >= 0.3 is 0 Å². The maximum absolute atomic E-state index is 12.4. The first-order valence-electron chi connectivity index (χ1n) is 5.71. The normalized spacial score (nSPS) is 12.4. The molecule has 2 rings (SSSR count). The van der Waals surface area contributed by atoms with Crippen LogP contribution in [-0.2, 0) is 0 Å². The smallest absolute Gasteiger partial charge is 0.184 e. The number of hydrogen-bond donors (Lipinski definition) is 1. The summed E-state index contributed by atoms with van der Waals surface area (Å²) in [6.45, 7) is 5.83. The van der Waals surface area contributed by atoms with Crippen molar-refractivity contribution in [3.63, 3.8) is 0 Å². The summed E-state index contributed by atoms with van der Waals surface area (Å²) in [6, 6.07) is 5.93. The number of benzene rings is 1. The van der Waals surface area contributed by atoms with Crippen molar-refractivity contribution in [1.29, 1.82) is 0 Å². The van der Waals surface area contributed by atoms with Crippen LogP contribution in [0.25, 0.3) is 0 Å². The van der Waals surface area contributed by atoms with E-state index in [2.05, 4.69) is 15.2 Å². The Balaban J connectivity index is 2.17. The minimum atomic E-state index is -0.182. The number of nitrogens with zero attached hydrogens (tertiary/aromatic N) is 2. The zero-order chi connectivity index (χ0) is 13.1. The average molecular weight is 261 g/mol. The van der Waals surface area contributed by atoms with Crippen LogP contribution in [0.5, 0.6) is 0 Å². The second-order valence-corrected chi connectivity index (χ2v) is 5.56. The highest BCUT2D eigenvalue weighted by atomic mass is 32.2. The highest BCUT2D eigenvalue weighted by molar-refractivity contribution is 8.00. The van der Waals surface area contributed by atoms with E-state index in [-0.39, 0.29) is 11.0 Å². The van der Waals surface area contributed by atoms with E-state index in [1.807, 2.05) is 39.0 Å². The third kappa shape index (κ3) is 2.79. The van der Waals surface area contributed by atoms with Crippen LogP contribution in [0.15, 0.2) is 29.7 Å². The number of carbonyl (C=O) groups is 1. The molecule has 0 aliphatic carbocycles. The van der Waals surface area contributed by atoms with Crippen molar-refractivity contribution in [2.75, 3.05) is 0 Å². The van der Waals surface area contributed by atoms with Crippen LogP contribution in [0.4, 0.5) is 0 Å². The molecule has 0 amide bonds. The van der Waals surface area contributed by atoms with Gasteiger partial charge in [0.05, 0.1) is 5.25 Å². The second-order valence-electron chi connectivity index (χ2n) is 4.23. The average Bonchev–Trinajstić information content (AvgIpc) is 2.84. The van der Waals surface area contributed by atoms with Crippen molar-refractivity contribution in [1.82, 2.24) is 15.2 Å². The number of aromatic nitrogens is 3. The van der Waals surface area contributed by atoms with Gasteiger partial charge in [0.2, 0.25) is 0 Å². The van der Waals surface area contributed by atoms with Gasteiger partial charge in [0, 0.05) is 5.56 Å². The summed E-state index contributed by atoms with van der Waals surface area (Å²) in [4.78, 5) is 16.4. The van der Waals surface area contributed by atoms with Crippen LogP contribution < -0.4 is 0 Å². The van der Waals surface area contributed by atoms with Crippen molar-refractivity contribution in [2.24, 2.45) is 0 Å². The Labute approximate surface area is 110 Å². The second kappa shape index (κ2) is 5.35. The van der Waals surface area contributed by atoms with Gasteiger partial charge < -0.3 is 0 Å². The van der Waals surface area contributed by atoms with Gasteiger partial charge in [0.1, 0.15) is 6.33 Å². The molecule has 0 aliphatic heterocycles. The molecule has 1 N–H and O–H groups in total. The van der Waals surface area contributed by atoms with Crippen LogP contribution in [-0.4, -0.2) is 26.2 Å². The molecule has 1 aromatic carbocycles. The zero-order valence-corrected chi connectivity index (χ0v) is 11.4. The summed E-state index contributed by atoms with van der Waals surface area (Å²) >= 11 is 1.39. The van der Waals surface area contributed by atoms with E-state index in [9.17, 15) is 4.79 Å². The zero-order valence-electron chi connectivity index (χ0n) is 10.6. The maximum atomic E-state index is 12.4. The van der Waals surface area contributed by atoms with Crippen LogP contribution >= 0.6 is 11.8 Å². The lowest BCUT2D eigenvalue weighted by Crippen LogP contribution is -2.15. The predicted molar refractivity (Wildman–Crippen MR) is 71.9 cm³/mol. The Hall–Kier alpha value is -1.62. The minimum Gasteiger partial charge on any atom is -0.293 e. The minimum absolute atomic E-state index is 0.123. The van der Waals surface area contributed by atoms with Crippen LogP contribution in [0.1, 0.15) is 28.4 Å². The van der Waals surface area contributed by atoms with Gasteiger partial charge in [-0.1, -0.05) is 29.5 Å². The van der Waals surface area contributed by atoms with E-state index in [1.165, 1.54) is 18.1 Å². The number of aryl methyl sites for hydroxylation is 2. The maximum Gasteiger partial charge on any atom is 0.184 e. The molecule has 2 aromatic rings. The van der Waals surface area contributed by atoms with E-state index >= 15 is 0 Å². The Morgan fingerprint density at radius 1 is 1.39 bits per heavy atom. The van der Waals surface area contributed by atoms with E-state index in [4.69, 9.17) is 0 Å². The fraction of sp³-hybridized carbons (Fsp3) is 0.308. The summed E-state index contributed by atoms with van der Waals surface area (Å²) in [5, 5.41) is 7.01. The van der Waals surface area contributed by atoms with E-state index in [0.29, 0.717) is 5.16 Å². The number of rotatable bonds is 4. The van der Waals surface area contributed by atoms with Gasteiger partial charge in [-0.05, 0) is 32.4 Å². The molecule has 5 heteroatoms. The Kier molecular flexibility index (Phi) is 3.81. The monoisotopic (exact) mass is 261 g/mol. The van der Waals surface area contributed by atoms with Gasteiger partial charge in [-0.15, -0.1) is 0 Å². The summed E-state index contributed by atoms with van der Waals surface area (Å²) in [5.74, 6) is 0.123. The summed E-state index contributed by atoms with van der Waals surface area (Å²) in [5.41, 5.74) is 2.89. The summed E-state index contributed by atoms with van der Waals surface area (Å²) < 4.78 is 0. The van der Waals surface area contributed by atoms with Gasteiger partial charge in [-0.3, -0.25) is 9.89 Å². The molecule has 1 unspecified atom stereocenters. The molecule has 1 atom stereocenters. The first-order chi connectivity index (χ1) is 8.58. The number of Topliss-reactive ketones (excluding diaryl/α,β-unsaturated/α-hetero) is 1. The fourth-order valence-corrected chi connectivity index (χ4v) is 2.47. The van der Waals surface area contributed by atoms with Crippen molar-refractivity contribution < 1.29 is 4.79 Å².